The van der Waals surface area contributed by atoms with Crippen LogP contribution in [0.15, 0.2) is 30.6 Å². The van der Waals surface area contributed by atoms with Crippen molar-refractivity contribution in [2.24, 2.45) is 5.84 Å². The van der Waals surface area contributed by atoms with E-state index < -0.39 is 0 Å². The quantitative estimate of drug-likeness (QED) is 0.543. The highest BCUT2D eigenvalue weighted by Gasteiger charge is 2.01. The lowest BCUT2D eigenvalue weighted by Crippen LogP contribution is -2.09. The molecule has 5 heteroatoms. The van der Waals surface area contributed by atoms with Crippen molar-refractivity contribution < 1.29 is 0 Å². The van der Waals surface area contributed by atoms with E-state index in [1.165, 1.54) is 0 Å². The molecule has 14 heavy (non-hydrogen) atoms. The molecular weight excluding hydrogens is 178 g/mol. The number of imidazole rings is 1. The number of nitrogens with two attached hydrogens (primary N) is 1. The minimum atomic E-state index is 0.635. The van der Waals surface area contributed by atoms with Crippen LogP contribution in [0.2, 0.25) is 0 Å². The molecule has 0 saturated carbocycles. The van der Waals surface area contributed by atoms with Crippen LogP contribution in [0.1, 0.15) is 5.82 Å². The third-order valence-electron chi connectivity index (χ3n) is 1.95. The number of rotatable bonds is 2. The first kappa shape index (κ1) is 8.71. The molecule has 2 aromatic rings. The van der Waals surface area contributed by atoms with Gasteiger partial charge in [-0.05, 0) is 19.1 Å². The van der Waals surface area contributed by atoms with Gasteiger partial charge in [0, 0.05) is 12.4 Å². The molecular formula is C9H11N5. The molecule has 3 N–H and O–H groups in total. The Hall–Kier alpha value is -1.88. The van der Waals surface area contributed by atoms with Gasteiger partial charge in [-0.2, -0.15) is 0 Å². The van der Waals surface area contributed by atoms with Gasteiger partial charge in [-0.3, -0.25) is 4.57 Å². The largest absolute Gasteiger partial charge is 0.308 e. The number of hydrogen-bond acceptors (Lipinski definition) is 4. The number of hydrogen-bond donors (Lipinski definition) is 2. The Bertz CT molecular complexity index is 434. The van der Waals surface area contributed by atoms with Gasteiger partial charge in [-0.15, -0.1) is 0 Å². The van der Waals surface area contributed by atoms with Crippen LogP contribution in [0.5, 0.6) is 0 Å². The van der Waals surface area contributed by atoms with Gasteiger partial charge in [0.25, 0.3) is 0 Å². The van der Waals surface area contributed by atoms with Crippen molar-refractivity contribution in [3.05, 3.63) is 36.4 Å². The van der Waals surface area contributed by atoms with Gasteiger partial charge in [-0.25, -0.2) is 15.8 Å². The Morgan fingerprint density at radius 1 is 1.43 bits per heavy atom. The van der Waals surface area contributed by atoms with Gasteiger partial charge >= 0.3 is 0 Å². The average molecular weight is 189 g/mol. The predicted octanol–water partition coefficient (Wildman–Crippen LogP) is 0.861. The second kappa shape index (κ2) is 3.47. The summed E-state index contributed by atoms with van der Waals surface area (Å²) >= 11 is 0. The van der Waals surface area contributed by atoms with E-state index in [4.69, 9.17) is 5.84 Å². The van der Waals surface area contributed by atoms with E-state index in [9.17, 15) is 0 Å². The molecule has 0 amide bonds. The summed E-state index contributed by atoms with van der Waals surface area (Å²) in [5, 5.41) is 0. The van der Waals surface area contributed by atoms with Crippen LogP contribution in [0.4, 0.5) is 5.82 Å². The highest BCUT2D eigenvalue weighted by atomic mass is 15.3. The lowest BCUT2D eigenvalue weighted by atomic mass is 10.4. The number of hydrazine groups is 1. The highest BCUT2D eigenvalue weighted by Crippen LogP contribution is 2.09. The maximum absolute atomic E-state index is 5.27. The molecule has 0 atom stereocenters. The number of anilines is 1. The zero-order chi connectivity index (χ0) is 9.97. The fraction of sp³-hybridized carbons (Fsp3) is 0.111. The number of nitrogen functional groups attached to an aromatic ring is 1. The zero-order valence-corrected chi connectivity index (χ0v) is 7.81. The number of pyridine rings is 1. The van der Waals surface area contributed by atoms with E-state index in [1.807, 2.05) is 29.8 Å². The van der Waals surface area contributed by atoms with Crippen LogP contribution in [0.25, 0.3) is 5.82 Å². The average Bonchev–Trinajstić information content (AvgIpc) is 2.65. The standard InChI is InChI=1S/C9H11N5/c1-7-11-5-6-14(7)9-4-2-3-8(12-9)13-10/h2-6H,10H2,1H3,(H,12,13). The van der Waals surface area contributed by atoms with Gasteiger partial charge < -0.3 is 5.43 Å². The van der Waals surface area contributed by atoms with Crippen LogP contribution in [0.3, 0.4) is 0 Å². The van der Waals surface area contributed by atoms with Crippen molar-refractivity contribution in [2.45, 2.75) is 6.92 Å². The molecule has 2 aromatic heterocycles. The first-order valence-corrected chi connectivity index (χ1v) is 4.25. The van der Waals surface area contributed by atoms with Crippen LogP contribution in [-0.4, -0.2) is 14.5 Å². The molecule has 72 valence electrons. The zero-order valence-electron chi connectivity index (χ0n) is 7.81. The van der Waals surface area contributed by atoms with Gasteiger partial charge in [0.15, 0.2) is 0 Å². The van der Waals surface area contributed by atoms with Crippen LogP contribution in [0, 0.1) is 6.92 Å². The lowest BCUT2D eigenvalue weighted by Gasteiger charge is -2.05. The summed E-state index contributed by atoms with van der Waals surface area (Å²) < 4.78 is 1.89. The summed E-state index contributed by atoms with van der Waals surface area (Å²) in [5.74, 6) is 7.60. The van der Waals surface area contributed by atoms with Crippen molar-refractivity contribution in [3.8, 4) is 5.82 Å². The number of nitrogens with one attached hydrogen (secondary N) is 1. The monoisotopic (exact) mass is 189 g/mol. The smallest absolute Gasteiger partial charge is 0.142 e. The summed E-state index contributed by atoms with van der Waals surface area (Å²) in [5.41, 5.74) is 2.50. The van der Waals surface area contributed by atoms with Crippen molar-refractivity contribution in [3.63, 3.8) is 0 Å². The molecule has 0 bridgehead atoms. The third kappa shape index (κ3) is 1.45. The summed E-state index contributed by atoms with van der Waals surface area (Å²) in [6, 6.07) is 5.59. The Morgan fingerprint density at radius 3 is 2.93 bits per heavy atom. The Morgan fingerprint density at radius 2 is 2.29 bits per heavy atom. The third-order valence-corrected chi connectivity index (χ3v) is 1.95. The van der Waals surface area contributed by atoms with E-state index in [0.717, 1.165) is 11.6 Å². The lowest BCUT2D eigenvalue weighted by molar-refractivity contribution is 0.932. The maximum Gasteiger partial charge on any atom is 0.142 e. The van der Waals surface area contributed by atoms with Crippen LogP contribution < -0.4 is 11.3 Å². The van der Waals surface area contributed by atoms with Gasteiger partial charge in [-0.1, -0.05) is 6.07 Å². The summed E-state index contributed by atoms with van der Waals surface area (Å²) in [4.78, 5) is 8.40. The summed E-state index contributed by atoms with van der Waals surface area (Å²) in [6.45, 7) is 1.92. The van der Waals surface area contributed by atoms with E-state index in [2.05, 4.69) is 15.4 Å². The molecule has 0 saturated heterocycles. The summed E-state index contributed by atoms with van der Waals surface area (Å²) in [6.07, 6.45) is 3.59. The molecule has 0 aromatic carbocycles. The topological polar surface area (TPSA) is 68.8 Å². The predicted molar refractivity (Wildman–Crippen MR) is 53.9 cm³/mol. The fourth-order valence-electron chi connectivity index (χ4n) is 1.26. The Balaban J connectivity index is 2.47. The summed E-state index contributed by atoms with van der Waals surface area (Å²) in [7, 11) is 0. The van der Waals surface area contributed by atoms with Gasteiger partial charge in [0.05, 0.1) is 0 Å². The second-order valence-electron chi connectivity index (χ2n) is 2.87. The molecule has 0 fully saturated rings. The van der Waals surface area contributed by atoms with Crippen LogP contribution in [-0.2, 0) is 0 Å². The number of aryl methyl sites for hydroxylation is 1. The van der Waals surface area contributed by atoms with Crippen LogP contribution >= 0.6 is 0 Å². The molecule has 0 unspecified atom stereocenters. The van der Waals surface area contributed by atoms with Crippen molar-refractivity contribution in [1.29, 1.82) is 0 Å². The van der Waals surface area contributed by atoms with E-state index in [0.29, 0.717) is 5.82 Å². The molecule has 2 heterocycles. The molecule has 0 aliphatic heterocycles. The van der Waals surface area contributed by atoms with E-state index >= 15 is 0 Å². The minimum absolute atomic E-state index is 0.635. The fourth-order valence-corrected chi connectivity index (χ4v) is 1.26. The second-order valence-corrected chi connectivity index (χ2v) is 2.87. The minimum Gasteiger partial charge on any atom is -0.308 e. The Labute approximate surface area is 81.6 Å². The molecule has 2 rings (SSSR count). The SMILES string of the molecule is Cc1nccn1-c1cccc(NN)n1. The molecule has 0 aliphatic carbocycles. The van der Waals surface area contributed by atoms with Gasteiger partial charge in [0.1, 0.15) is 17.5 Å². The molecule has 5 nitrogen and oxygen atoms in total. The van der Waals surface area contributed by atoms with Crippen molar-refractivity contribution in [1.82, 2.24) is 14.5 Å². The first-order valence-electron chi connectivity index (χ1n) is 4.25. The molecule has 0 aliphatic rings. The highest BCUT2D eigenvalue weighted by molar-refractivity contribution is 5.38. The molecule has 0 spiro atoms. The maximum atomic E-state index is 5.27. The molecule has 0 radical (unpaired) electrons. The first-order chi connectivity index (χ1) is 6.81. The number of nitrogens with zero attached hydrogens (tertiary/aromatic N) is 3. The van der Waals surface area contributed by atoms with E-state index in [1.54, 1.807) is 12.3 Å². The van der Waals surface area contributed by atoms with Crippen molar-refractivity contribution >= 4 is 5.82 Å². The van der Waals surface area contributed by atoms with Gasteiger partial charge in [0.2, 0.25) is 0 Å². The Kier molecular flexibility index (Phi) is 2.16. The number of aromatic nitrogens is 3. The van der Waals surface area contributed by atoms with E-state index in [-0.39, 0.29) is 0 Å². The van der Waals surface area contributed by atoms with Crippen molar-refractivity contribution in [2.75, 3.05) is 5.43 Å². The normalized spacial score (nSPS) is 10.1.